The highest BCUT2D eigenvalue weighted by atomic mass is 32.2. The molecule has 3 atom stereocenters. The number of hydrogen-bond acceptors (Lipinski definition) is 7. The second-order valence-electron chi connectivity index (χ2n) is 11.0. The molecule has 4 bridgehead atoms. The van der Waals surface area contributed by atoms with E-state index in [9.17, 15) is 18.0 Å². The SMILES string of the molecule is COc1ccc([C@@H]2CN3C[C@H]2NC(=O)C2(CCCNC2)COC/C=C/CN(C)S(=O)(=O)c2cccc(c2)C3=O)cc1. The first kappa shape index (κ1) is 29.2. The third-order valence-corrected chi connectivity index (χ3v) is 10.2. The molecule has 0 aromatic heterocycles. The Morgan fingerprint density at radius 1 is 1.07 bits per heavy atom. The second kappa shape index (κ2) is 12.3. The Morgan fingerprint density at radius 3 is 2.61 bits per heavy atom. The summed E-state index contributed by atoms with van der Waals surface area (Å²) in [5.41, 5.74) is 0.527. The quantitative estimate of drug-likeness (QED) is 0.521. The first-order valence-electron chi connectivity index (χ1n) is 14.0. The lowest BCUT2D eigenvalue weighted by atomic mass is 9.80. The summed E-state index contributed by atoms with van der Waals surface area (Å²) in [5.74, 6) is 0.198. The molecule has 5 rings (SSSR count). The summed E-state index contributed by atoms with van der Waals surface area (Å²) in [6.07, 6.45) is 5.03. The van der Waals surface area contributed by atoms with Crippen LogP contribution in [-0.4, -0.2) is 95.6 Å². The van der Waals surface area contributed by atoms with Crippen molar-refractivity contribution in [2.24, 2.45) is 5.41 Å². The molecule has 11 heteroatoms. The minimum absolute atomic E-state index is 0.0547. The van der Waals surface area contributed by atoms with E-state index in [1.54, 1.807) is 36.3 Å². The molecular formula is C30H38N4O6S. The van der Waals surface area contributed by atoms with Crippen molar-refractivity contribution < 1.29 is 27.5 Å². The minimum atomic E-state index is -3.81. The van der Waals surface area contributed by atoms with Crippen LogP contribution in [0.3, 0.4) is 0 Å². The maximum atomic E-state index is 13.9. The van der Waals surface area contributed by atoms with Gasteiger partial charge in [0.2, 0.25) is 15.9 Å². The van der Waals surface area contributed by atoms with Crippen LogP contribution in [0, 0.1) is 5.41 Å². The van der Waals surface area contributed by atoms with Gasteiger partial charge in [-0.1, -0.05) is 30.4 Å². The number of piperidine rings is 1. The summed E-state index contributed by atoms with van der Waals surface area (Å²) in [7, 11) is -0.699. The lowest BCUT2D eigenvalue weighted by Gasteiger charge is -2.37. The van der Waals surface area contributed by atoms with Crippen molar-refractivity contribution in [1.29, 1.82) is 0 Å². The molecule has 2 aromatic carbocycles. The number of ether oxygens (including phenoxy) is 2. The average molecular weight is 583 g/mol. The van der Waals surface area contributed by atoms with Crippen LogP contribution in [0.15, 0.2) is 65.6 Å². The van der Waals surface area contributed by atoms with Crippen molar-refractivity contribution >= 4 is 21.8 Å². The van der Waals surface area contributed by atoms with Gasteiger partial charge in [-0.15, -0.1) is 0 Å². The van der Waals surface area contributed by atoms with Gasteiger partial charge in [-0.05, 0) is 55.3 Å². The number of rotatable bonds is 2. The Labute approximate surface area is 241 Å². The minimum Gasteiger partial charge on any atom is -0.497 e. The molecule has 220 valence electrons. The zero-order chi connectivity index (χ0) is 29.0. The monoisotopic (exact) mass is 582 g/mol. The molecule has 3 aliphatic rings. The van der Waals surface area contributed by atoms with E-state index < -0.39 is 15.4 Å². The summed E-state index contributed by atoms with van der Waals surface area (Å²) >= 11 is 0. The van der Waals surface area contributed by atoms with Crippen LogP contribution in [0.2, 0.25) is 0 Å². The van der Waals surface area contributed by atoms with E-state index in [1.807, 2.05) is 24.3 Å². The van der Waals surface area contributed by atoms with E-state index in [0.29, 0.717) is 26.1 Å². The smallest absolute Gasteiger partial charge is 0.253 e. The van der Waals surface area contributed by atoms with Gasteiger partial charge < -0.3 is 25.0 Å². The molecule has 3 heterocycles. The van der Waals surface area contributed by atoms with Crippen molar-refractivity contribution in [3.63, 3.8) is 0 Å². The highest BCUT2D eigenvalue weighted by molar-refractivity contribution is 7.89. The highest BCUT2D eigenvalue weighted by Gasteiger charge is 2.44. The number of sulfonamides is 1. The molecule has 0 aliphatic carbocycles. The van der Waals surface area contributed by atoms with Crippen molar-refractivity contribution in [3.05, 3.63) is 71.8 Å². The van der Waals surface area contributed by atoms with Gasteiger partial charge in [0, 0.05) is 44.7 Å². The van der Waals surface area contributed by atoms with Gasteiger partial charge in [0.1, 0.15) is 5.75 Å². The van der Waals surface area contributed by atoms with Gasteiger partial charge in [-0.25, -0.2) is 8.42 Å². The normalized spacial score (nSPS) is 28.5. The summed E-state index contributed by atoms with van der Waals surface area (Å²) < 4.78 is 39.0. The van der Waals surface area contributed by atoms with Crippen molar-refractivity contribution in [3.8, 4) is 5.75 Å². The number of methoxy groups -OCH3 is 1. The van der Waals surface area contributed by atoms with E-state index in [-0.39, 0.29) is 54.0 Å². The summed E-state index contributed by atoms with van der Waals surface area (Å²) in [4.78, 5) is 29.4. The number of nitrogens with zero attached hydrogens (tertiary/aromatic N) is 2. The number of amides is 2. The number of hydrogen-bond donors (Lipinski definition) is 2. The van der Waals surface area contributed by atoms with Gasteiger partial charge in [0.25, 0.3) is 5.91 Å². The average Bonchev–Trinajstić information content (AvgIpc) is 3.42. The van der Waals surface area contributed by atoms with Gasteiger partial charge >= 0.3 is 0 Å². The molecule has 2 aromatic rings. The molecule has 2 fully saturated rings. The summed E-state index contributed by atoms with van der Waals surface area (Å²) in [5, 5.41) is 6.65. The maximum absolute atomic E-state index is 13.9. The number of carbonyl (C=O) groups is 2. The lowest BCUT2D eigenvalue weighted by Crippen LogP contribution is -2.56. The van der Waals surface area contributed by atoms with Gasteiger partial charge in [0.05, 0.1) is 36.7 Å². The Balaban J connectivity index is 1.51. The van der Waals surface area contributed by atoms with Crippen LogP contribution in [0.4, 0.5) is 0 Å². The van der Waals surface area contributed by atoms with Crippen LogP contribution in [-0.2, 0) is 19.6 Å². The van der Waals surface area contributed by atoms with Gasteiger partial charge in [-0.3, -0.25) is 9.59 Å². The Hall–Kier alpha value is -3.25. The number of likely N-dealkylation sites (N-methyl/N-ethyl adjacent to an activating group) is 1. The van der Waals surface area contributed by atoms with E-state index in [1.165, 1.54) is 23.5 Å². The molecule has 10 nitrogen and oxygen atoms in total. The first-order valence-corrected chi connectivity index (χ1v) is 15.4. The van der Waals surface area contributed by atoms with Crippen LogP contribution >= 0.6 is 0 Å². The number of carbonyl (C=O) groups excluding carboxylic acids is 2. The predicted octanol–water partition coefficient (Wildman–Crippen LogP) is 2.00. The lowest BCUT2D eigenvalue weighted by molar-refractivity contribution is -0.136. The number of nitrogens with one attached hydrogen (secondary N) is 2. The standard InChI is InChI=1S/C30H38N4O6S/c1-33-15-3-4-16-40-21-30(13-6-14-31-20-30)29(36)32-27-19-34(18-26(27)22-9-11-24(39-2)12-10-22)28(35)23-7-5-8-25(17-23)41(33,37)38/h3-5,7-12,17,26-27,31H,6,13-16,18-21H2,1-2H3,(H,32,36)/b4-3+/t26-,27+,30?/m0/s1. The van der Waals surface area contributed by atoms with Crippen LogP contribution in [0.1, 0.15) is 34.7 Å². The third-order valence-electron chi connectivity index (χ3n) is 8.33. The van der Waals surface area contributed by atoms with E-state index in [0.717, 1.165) is 24.3 Å². The topological polar surface area (TPSA) is 117 Å². The molecule has 0 radical (unpaired) electrons. The van der Waals surface area contributed by atoms with E-state index in [2.05, 4.69) is 10.6 Å². The largest absolute Gasteiger partial charge is 0.497 e. The number of benzene rings is 2. The number of fused-ring (bicyclic) bond motifs is 4. The third kappa shape index (κ3) is 6.18. The molecule has 2 saturated heterocycles. The predicted molar refractivity (Wildman–Crippen MR) is 154 cm³/mol. The Morgan fingerprint density at radius 2 is 1.88 bits per heavy atom. The molecule has 1 unspecified atom stereocenters. The molecular weight excluding hydrogens is 544 g/mol. The van der Waals surface area contributed by atoms with Crippen LogP contribution in [0.25, 0.3) is 0 Å². The Kier molecular flexibility index (Phi) is 8.79. The molecule has 2 amide bonds. The summed E-state index contributed by atoms with van der Waals surface area (Å²) in [6, 6.07) is 13.5. The van der Waals surface area contributed by atoms with E-state index in [4.69, 9.17) is 9.47 Å². The summed E-state index contributed by atoms with van der Waals surface area (Å²) in [6.45, 7) is 2.65. The zero-order valence-electron chi connectivity index (χ0n) is 23.5. The van der Waals surface area contributed by atoms with Crippen LogP contribution < -0.4 is 15.4 Å². The Bertz CT molecular complexity index is 1390. The second-order valence-corrected chi connectivity index (χ2v) is 13.1. The van der Waals surface area contributed by atoms with Crippen molar-refractivity contribution in [2.75, 3.05) is 60.1 Å². The molecule has 41 heavy (non-hydrogen) atoms. The van der Waals surface area contributed by atoms with Crippen molar-refractivity contribution in [1.82, 2.24) is 19.8 Å². The van der Waals surface area contributed by atoms with Gasteiger partial charge in [0.15, 0.2) is 0 Å². The van der Waals surface area contributed by atoms with Crippen LogP contribution in [0.5, 0.6) is 5.75 Å². The molecule has 2 N–H and O–H groups in total. The molecule has 0 saturated carbocycles. The fraction of sp³-hybridized carbons (Fsp3) is 0.467. The van der Waals surface area contributed by atoms with Crippen molar-refractivity contribution in [2.45, 2.75) is 29.7 Å². The van der Waals surface area contributed by atoms with Gasteiger partial charge in [-0.2, -0.15) is 4.31 Å². The fourth-order valence-electron chi connectivity index (χ4n) is 5.84. The molecule has 1 spiro atoms. The molecule has 3 aliphatic heterocycles. The highest BCUT2D eigenvalue weighted by Crippen LogP contribution is 2.33. The zero-order valence-corrected chi connectivity index (χ0v) is 24.4. The fourth-order valence-corrected chi connectivity index (χ4v) is 7.01. The maximum Gasteiger partial charge on any atom is 0.253 e. The van der Waals surface area contributed by atoms with E-state index >= 15 is 0 Å². The first-order chi connectivity index (χ1) is 19.7.